The minimum atomic E-state index is -3.64. The summed E-state index contributed by atoms with van der Waals surface area (Å²) in [6, 6.07) is 5.61. The zero-order chi connectivity index (χ0) is 15.5. The number of hydrogen-bond donors (Lipinski definition) is 1. The van der Waals surface area contributed by atoms with Gasteiger partial charge >= 0.3 is 0 Å². The maximum atomic E-state index is 13.9. The molecule has 1 N–H and O–H groups in total. The van der Waals surface area contributed by atoms with Crippen molar-refractivity contribution in [1.82, 2.24) is 5.32 Å². The Morgan fingerprint density at radius 3 is 2.67 bits per heavy atom. The van der Waals surface area contributed by atoms with Crippen molar-refractivity contribution in [3.05, 3.63) is 30.1 Å². The Hall–Kier alpha value is -0.940. The average molecular weight is 313 g/mol. The van der Waals surface area contributed by atoms with Crippen molar-refractivity contribution in [2.45, 2.75) is 55.7 Å². The van der Waals surface area contributed by atoms with Gasteiger partial charge in [0.1, 0.15) is 10.7 Å². The van der Waals surface area contributed by atoms with E-state index < -0.39 is 20.9 Å². The summed E-state index contributed by atoms with van der Waals surface area (Å²) in [4.78, 5) is -0.160. The smallest absolute Gasteiger partial charge is 0.185 e. The van der Waals surface area contributed by atoms with E-state index in [2.05, 4.69) is 19.2 Å². The van der Waals surface area contributed by atoms with Gasteiger partial charge in [-0.15, -0.1) is 0 Å². The minimum absolute atomic E-state index is 0.0780. The molecule has 0 aliphatic heterocycles. The molecule has 5 heteroatoms. The molecule has 3 nitrogen and oxygen atoms in total. The zero-order valence-electron chi connectivity index (χ0n) is 12.7. The second kappa shape index (κ2) is 6.88. The summed E-state index contributed by atoms with van der Waals surface area (Å²) in [5, 5.41) is 2.80. The van der Waals surface area contributed by atoms with E-state index in [1.807, 2.05) is 0 Å². The molecule has 1 aromatic carbocycles. The number of rotatable bonds is 5. The van der Waals surface area contributed by atoms with Crippen LogP contribution in [0.3, 0.4) is 0 Å². The highest BCUT2D eigenvalue weighted by Gasteiger charge is 2.39. The standard InChI is InChI=1S/C16H24FNO2S/c1-3-10-18-14-9-8-12(2)11-16(14)21(19,20)15-7-5-4-6-13(15)17/h4-7,12,14,16,18H,3,8-11H2,1-2H3. The van der Waals surface area contributed by atoms with Crippen molar-refractivity contribution in [2.75, 3.05) is 6.54 Å². The maximum absolute atomic E-state index is 13.9. The van der Waals surface area contributed by atoms with Crippen LogP contribution >= 0.6 is 0 Å². The van der Waals surface area contributed by atoms with Crippen molar-refractivity contribution in [1.29, 1.82) is 0 Å². The third-order valence-electron chi connectivity index (χ3n) is 4.25. The Labute approximate surface area is 126 Å². The predicted octanol–water partition coefficient (Wildman–Crippen LogP) is 3.16. The Kier molecular flexibility index (Phi) is 5.38. The van der Waals surface area contributed by atoms with Gasteiger partial charge in [-0.2, -0.15) is 0 Å². The van der Waals surface area contributed by atoms with Crippen LogP contribution in [0.15, 0.2) is 29.2 Å². The lowest BCUT2D eigenvalue weighted by atomic mass is 9.87. The van der Waals surface area contributed by atoms with Gasteiger partial charge in [0.15, 0.2) is 9.84 Å². The quantitative estimate of drug-likeness (QED) is 0.908. The van der Waals surface area contributed by atoms with Crippen molar-refractivity contribution >= 4 is 9.84 Å². The second-order valence-electron chi connectivity index (χ2n) is 5.99. The van der Waals surface area contributed by atoms with Crippen molar-refractivity contribution < 1.29 is 12.8 Å². The van der Waals surface area contributed by atoms with E-state index in [-0.39, 0.29) is 10.9 Å². The molecule has 0 aromatic heterocycles. The average Bonchev–Trinajstić information content (AvgIpc) is 2.46. The Morgan fingerprint density at radius 1 is 1.29 bits per heavy atom. The summed E-state index contributed by atoms with van der Waals surface area (Å²) in [6.45, 7) is 4.92. The van der Waals surface area contributed by atoms with Crippen molar-refractivity contribution in [3.63, 3.8) is 0 Å². The van der Waals surface area contributed by atoms with Crippen LogP contribution in [0.5, 0.6) is 0 Å². The molecule has 1 aromatic rings. The van der Waals surface area contributed by atoms with Crippen LogP contribution in [0.1, 0.15) is 39.5 Å². The first-order valence-electron chi connectivity index (χ1n) is 7.68. The lowest BCUT2D eigenvalue weighted by molar-refractivity contribution is 0.308. The van der Waals surface area contributed by atoms with Crippen LogP contribution in [0.25, 0.3) is 0 Å². The normalized spacial score (nSPS) is 26.7. The Balaban J connectivity index is 2.32. The topological polar surface area (TPSA) is 46.2 Å². The molecule has 0 radical (unpaired) electrons. The second-order valence-corrected chi connectivity index (χ2v) is 8.13. The van der Waals surface area contributed by atoms with Gasteiger partial charge in [0.25, 0.3) is 0 Å². The highest BCUT2D eigenvalue weighted by molar-refractivity contribution is 7.92. The molecule has 0 heterocycles. The Bertz CT molecular complexity index is 571. The van der Waals surface area contributed by atoms with E-state index in [9.17, 15) is 12.8 Å². The summed E-state index contributed by atoms with van der Waals surface area (Å²) >= 11 is 0. The molecule has 0 amide bonds. The molecule has 1 saturated carbocycles. The van der Waals surface area contributed by atoms with Crippen LogP contribution in [0, 0.1) is 11.7 Å². The number of sulfone groups is 1. The molecule has 2 rings (SSSR count). The van der Waals surface area contributed by atoms with Crippen LogP contribution in [-0.4, -0.2) is 26.3 Å². The first-order valence-corrected chi connectivity index (χ1v) is 9.23. The van der Waals surface area contributed by atoms with Crippen LogP contribution in [0.2, 0.25) is 0 Å². The van der Waals surface area contributed by atoms with Gasteiger partial charge < -0.3 is 5.32 Å². The van der Waals surface area contributed by atoms with Gasteiger partial charge in [0.05, 0.1) is 5.25 Å². The molecule has 1 aliphatic rings. The highest BCUT2D eigenvalue weighted by Crippen LogP contribution is 2.33. The molecule has 0 bridgehead atoms. The Morgan fingerprint density at radius 2 is 2.00 bits per heavy atom. The number of nitrogens with one attached hydrogen (secondary N) is 1. The first kappa shape index (κ1) is 16.4. The van der Waals surface area contributed by atoms with E-state index in [4.69, 9.17) is 0 Å². The van der Waals surface area contributed by atoms with Crippen LogP contribution < -0.4 is 5.32 Å². The molecule has 3 unspecified atom stereocenters. The molecule has 21 heavy (non-hydrogen) atoms. The molecular formula is C16H24FNO2S. The van der Waals surface area contributed by atoms with Gasteiger partial charge in [-0.25, -0.2) is 12.8 Å². The third kappa shape index (κ3) is 3.64. The minimum Gasteiger partial charge on any atom is -0.313 e. The fourth-order valence-corrected chi connectivity index (χ4v) is 5.25. The van der Waals surface area contributed by atoms with Gasteiger partial charge in [-0.3, -0.25) is 0 Å². The zero-order valence-corrected chi connectivity index (χ0v) is 13.5. The molecular weight excluding hydrogens is 289 g/mol. The molecule has 0 saturated heterocycles. The SMILES string of the molecule is CCCNC1CCC(C)CC1S(=O)(=O)c1ccccc1F. The largest absolute Gasteiger partial charge is 0.313 e. The molecule has 1 fully saturated rings. The van der Waals surface area contributed by atoms with E-state index in [0.29, 0.717) is 12.3 Å². The third-order valence-corrected chi connectivity index (χ3v) is 6.51. The lowest BCUT2D eigenvalue weighted by Gasteiger charge is -2.35. The predicted molar refractivity (Wildman–Crippen MR) is 82.5 cm³/mol. The van der Waals surface area contributed by atoms with Gasteiger partial charge in [-0.1, -0.05) is 26.0 Å². The van der Waals surface area contributed by atoms with E-state index in [0.717, 1.165) is 25.8 Å². The summed E-state index contributed by atoms with van der Waals surface area (Å²) in [5.74, 6) is -0.291. The van der Waals surface area contributed by atoms with Crippen LogP contribution in [-0.2, 0) is 9.84 Å². The summed E-state index contributed by atoms with van der Waals surface area (Å²) < 4.78 is 39.6. The van der Waals surface area contributed by atoms with Crippen LogP contribution in [0.4, 0.5) is 4.39 Å². The molecule has 0 spiro atoms. The van der Waals surface area contributed by atoms with Gasteiger partial charge in [0, 0.05) is 6.04 Å². The molecule has 118 valence electrons. The number of benzene rings is 1. The first-order chi connectivity index (χ1) is 9.96. The van der Waals surface area contributed by atoms with Crippen molar-refractivity contribution in [3.8, 4) is 0 Å². The number of halogens is 1. The lowest BCUT2D eigenvalue weighted by Crippen LogP contribution is -2.48. The van der Waals surface area contributed by atoms with E-state index in [1.54, 1.807) is 6.07 Å². The van der Waals surface area contributed by atoms with Gasteiger partial charge in [-0.05, 0) is 50.3 Å². The summed E-state index contributed by atoms with van der Waals surface area (Å²) in [6.07, 6.45) is 3.40. The van der Waals surface area contributed by atoms with Crippen molar-refractivity contribution in [2.24, 2.45) is 5.92 Å². The monoisotopic (exact) mass is 313 g/mol. The maximum Gasteiger partial charge on any atom is 0.185 e. The van der Waals surface area contributed by atoms with E-state index in [1.165, 1.54) is 18.2 Å². The van der Waals surface area contributed by atoms with E-state index >= 15 is 0 Å². The molecule has 1 aliphatic carbocycles. The summed E-state index contributed by atoms with van der Waals surface area (Å²) in [7, 11) is -3.64. The fraction of sp³-hybridized carbons (Fsp3) is 0.625. The fourth-order valence-electron chi connectivity index (χ4n) is 3.07. The van der Waals surface area contributed by atoms with Gasteiger partial charge in [0.2, 0.25) is 0 Å². The highest BCUT2D eigenvalue weighted by atomic mass is 32.2. The summed E-state index contributed by atoms with van der Waals surface area (Å²) in [5.41, 5.74) is 0. The number of hydrogen-bond acceptors (Lipinski definition) is 3. The molecule has 3 atom stereocenters.